The van der Waals surface area contributed by atoms with Crippen LogP contribution >= 0.6 is 15.9 Å². The van der Waals surface area contributed by atoms with E-state index in [1.54, 1.807) is 0 Å². The third-order valence-electron chi connectivity index (χ3n) is 6.21. The van der Waals surface area contributed by atoms with E-state index in [-0.39, 0.29) is 5.91 Å². The van der Waals surface area contributed by atoms with Crippen LogP contribution in [-0.4, -0.2) is 78.6 Å². The second kappa shape index (κ2) is 9.62. The van der Waals surface area contributed by atoms with Gasteiger partial charge < -0.3 is 24.8 Å². The summed E-state index contributed by atoms with van der Waals surface area (Å²) in [5, 5.41) is 4.16. The first-order valence-corrected chi connectivity index (χ1v) is 12.0. The zero-order valence-corrected chi connectivity index (χ0v) is 20.2. The van der Waals surface area contributed by atoms with Crippen molar-refractivity contribution in [1.82, 2.24) is 19.8 Å². The van der Waals surface area contributed by atoms with Gasteiger partial charge in [-0.1, -0.05) is 22.0 Å². The van der Waals surface area contributed by atoms with E-state index < -0.39 is 0 Å². The largest absolute Gasteiger partial charge is 0.489 e. The molecule has 1 saturated heterocycles. The maximum absolute atomic E-state index is 13.2. The molecule has 1 aromatic heterocycles. The van der Waals surface area contributed by atoms with Gasteiger partial charge in [-0.3, -0.25) is 4.79 Å². The van der Waals surface area contributed by atoms with Crippen molar-refractivity contribution < 1.29 is 9.53 Å². The number of hydrogen-bond donors (Lipinski definition) is 1. The number of piperazine rings is 1. The summed E-state index contributed by atoms with van der Waals surface area (Å²) in [6.07, 6.45) is 2.03. The third kappa shape index (κ3) is 4.80. The highest BCUT2D eigenvalue weighted by molar-refractivity contribution is 9.10. The molecule has 0 unspecified atom stereocenters. The van der Waals surface area contributed by atoms with Crippen LogP contribution in [0.4, 0.5) is 17.2 Å². The van der Waals surface area contributed by atoms with Crippen molar-refractivity contribution >= 4 is 49.9 Å². The topological polar surface area (TPSA) is 73.8 Å². The Morgan fingerprint density at radius 2 is 1.97 bits per heavy atom. The van der Waals surface area contributed by atoms with Crippen molar-refractivity contribution in [2.45, 2.75) is 6.42 Å². The number of nitrogens with one attached hydrogen (secondary N) is 1. The number of nitrogens with zero attached hydrogens (tertiary/aromatic N) is 5. The molecule has 1 fully saturated rings. The Labute approximate surface area is 201 Å². The van der Waals surface area contributed by atoms with E-state index in [2.05, 4.69) is 48.1 Å². The van der Waals surface area contributed by atoms with Crippen molar-refractivity contribution in [2.75, 3.05) is 63.1 Å². The van der Waals surface area contributed by atoms with Gasteiger partial charge in [0.2, 0.25) is 5.91 Å². The van der Waals surface area contributed by atoms with E-state index in [4.69, 9.17) is 4.74 Å². The summed E-state index contributed by atoms with van der Waals surface area (Å²) < 4.78 is 7.06. The summed E-state index contributed by atoms with van der Waals surface area (Å²) in [6, 6.07) is 11.8. The van der Waals surface area contributed by atoms with E-state index >= 15 is 0 Å². The average Bonchev–Trinajstić information content (AvgIpc) is 2.83. The molecular weight excluding hydrogens is 484 g/mol. The predicted octanol–water partition coefficient (Wildman–Crippen LogP) is 3.50. The molecule has 3 aromatic rings. The molecule has 2 aliphatic heterocycles. The molecule has 8 nitrogen and oxygen atoms in total. The highest BCUT2D eigenvalue weighted by Gasteiger charge is 2.27. The van der Waals surface area contributed by atoms with Crippen LogP contribution in [0.25, 0.3) is 10.9 Å². The molecule has 2 aromatic carbocycles. The first-order chi connectivity index (χ1) is 16.1. The molecule has 3 heterocycles. The first kappa shape index (κ1) is 22.1. The number of carbonyl (C=O) groups is 1. The monoisotopic (exact) mass is 510 g/mol. The van der Waals surface area contributed by atoms with Crippen LogP contribution < -0.4 is 15.0 Å². The highest BCUT2D eigenvalue weighted by Crippen LogP contribution is 2.41. The quantitative estimate of drug-likeness (QED) is 0.562. The molecule has 0 atom stereocenters. The van der Waals surface area contributed by atoms with Crippen LogP contribution in [0.2, 0.25) is 0 Å². The van der Waals surface area contributed by atoms with Gasteiger partial charge in [0.25, 0.3) is 0 Å². The summed E-state index contributed by atoms with van der Waals surface area (Å²) in [5.41, 5.74) is 2.45. The van der Waals surface area contributed by atoms with Crippen molar-refractivity contribution in [2.24, 2.45) is 0 Å². The molecule has 0 aliphatic carbocycles. The minimum absolute atomic E-state index is 0.121. The number of likely N-dealkylation sites (N-methyl/N-ethyl adjacent to an activating group) is 1. The van der Waals surface area contributed by atoms with Crippen molar-refractivity contribution in [3.63, 3.8) is 0 Å². The van der Waals surface area contributed by atoms with E-state index in [0.717, 1.165) is 59.5 Å². The molecule has 2 aliphatic rings. The second-order valence-corrected chi connectivity index (χ2v) is 9.37. The fourth-order valence-corrected chi connectivity index (χ4v) is 4.75. The summed E-state index contributed by atoms with van der Waals surface area (Å²) in [4.78, 5) is 28.7. The number of carbonyl (C=O) groups excluding carboxylic acids is 1. The lowest BCUT2D eigenvalue weighted by Crippen LogP contribution is -2.46. The maximum atomic E-state index is 13.2. The fraction of sp³-hybridized carbons (Fsp3) is 0.375. The van der Waals surface area contributed by atoms with E-state index in [9.17, 15) is 4.79 Å². The van der Waals surface area contributed by atoms with Crippen LogP contribution in [-0.2, 0) is 4.79 Å². The molecule has 1 N–H and O–H groups in total. The van der Waals surface area contributed by atoms with E-state index in [1.807, 2.05) is 41.3 Å². The molecular formula is C24H27BrN6O2. The van der Waals surface area contributed by atoms with Gasteiger partial charge in [-0.2, -0.15) is 0 Å². The highest BCUT2D eigenvalue weighted by atomic mass is 79.9. The molecule has 0 radical (unpaired) electrons. The number of fused-ring (bicyclic) bond motifs is 3. The van der Waals surface area contributed by atoms with Crippen molar-refractivity contribution in [3.05, 3.63) is 47.2 Å². The Balaban J connectivity index is 1.41. The van der Waals surface area contributed by atoms with E-state index in [1.165, 1.54) is 6.33 Å². The fourth-order valence-electron chi connectivity index (χ4n) is 4.35. The number of amides is 1. The van der Waals surface area contributed by atoms with Crippen LogP contribution in [0, 0.1) is 0 Å². The van der Waals surface area contributed by atoms with Crippen molar-refractivity contribution in [1.29, 1.82) is 0 Å². The predicted molar refractivity (Wildman–Crippen MR) is 133 cm³/mol. The molecule has 5 rings (SSSR count). The Hall–Kier alpha value is -2.75. The number of benzene rings is 2. The van der Waals surface area contributed by atoms with Gasteiger partial charge in [0, 0.05) is 49.3 Å². The lowest BCUT2D eigenvalue weighted by Gasteiger charge is -2.34. The summed E-state index contributed by atoms with van der Waals surface area (Å²) in [6.45, 7) is 5.89. The lowest BCUT2D eigenvalue weighted by molar-refractivity contribution is -0.119. The van der Waals surface area contributed by atoms with Gasteiger partial charge in [-0.25, -0.2) is 9.97 Å². The van der Waals surface area contributed by atoms with Gasteiger partial charge in [0.1, 0.15) is 18.8 Å². The van der Waals surface area contributed by atoms with Crippen LogP contribution in [0.5, 0.6) is 5.75 Å². The molecule has 9 heteroatoms. The molecule has 0 spiro atoms. The zero-order chi connectivity index (χ0) is 22.8. The summed E-state index contributed by atoms with van der Waals surface area (Å²) in [5.74, 6) is 1.43. The number of rotatable bonds is 5. The van der Waals surface area contributed by atoms with Crippen LogP contribution in [0.15, 0.2) is 47.2 Å². The van der Waals surface area contributed by atoms with Gasteiger partial charge in [0.05, 0.1) is 23.1 Å². The first-order valence-electron chi connectivity index (χ1n) is 11.2. The van der Waals surface area contributed by atoms with Crippen LogP contribution in [0.1, 0.15) is 6.42 Å². The number of aromatic nitrogens is 2. The third-order valence-corrected chi connectivity index (χ3v) is 6.71. The Morgan fingerprint density at radius 3 is 2.79 bits per heavy atom. The molecule has 0 bridgehead atoms. The maximum Gasteiger partial charge on any atom is 0.228 e. The Morgan fingerprint density at radius 1 is 1.12 bits per heavy atom. The van der Waals surface area contributed by atoms with E-state index in [0.29, 0.717) is 31.1 Å². The van der Waals surface area contributed by atoms with Crippen molar-refractivity contribution in [3.8, 4) is 5.75 Å². The van der Waals surface area contributed by atoms with Gasteiger partial charge in [-0.05, 0) is 37.4 Å². The SMILES string of the molecule is CN1CCN(CCC(=O)N2CCOc3c2ccc2ncnc(Nc4cccc(Br)c4)c32)CC1. The minimum atomic E-state index is 0.121. The number of anilines is 3. The molecule has 1 amide bonds. The number of halogens is 1. The lowest BCUT2D eigenvalue weighted by atomic mass is 10.1. The van der Waals surface area contributed by atoms with Gasteiger partial charge >= 0.3 is 0 Å². The Bertz CT molecular complexity index is 1160. The molecule has 172 valence electrons. The smallest absolute Gasteiger partial charge is 0.228 e. The summed E-state index contributed by atoms with van der Waals surface area (Å²) in [7, 11) is 2.14. The van der Waals surface area contributed by atoms with Crippen LogP contribution in [0.3, 0.4) is 0 Å². The summed E-state index contributed by atoms with van der Waals surface area (Å²) >= 11 is 3.51. The van der Waals surface area contributed by atoms with Gasteiger partial charge in [0.15, 0.2) is 5.75 Å². The molecule has 0 saturated carbocycles. The average molecular weight is 511 g/mol. The van der Waals surface area contributed by atoms with Gasteiger partial charge in [-0.15, -0.1) is 0 Å². The standard InChI is InChI=1S/C24H27BrN6O2/c1-29-9-11-30(12-10-29)8-7-21(32)31-13-14-33-23-20(31)6-5-19-22(23)24(27-16-26-19)28-18-4-2-3-17(25)15-18/h2-6,15-16H,7-14H2,1H3,(H,26,27,28). The zero-order valence-electron chi connectivity index (χ0n) is 18.6. The number of ether oxygens (including phenoxy) is 1. The normalized spacial score (nSPS) is 17.0. The second-order valence-electron chi connectivity index (χ2n) is 8.45. The Kier molecular flexibility index (Phi) is 6.43. The minimum Gasteiger partial charge on any atom is -0.489 e. The number of hydrogen-bond acceptors (Lipinski definition) is 7. The molecule has 33 heavy (non-hydrogen) atoms.